The van der Waals surface area contributed by atoms with Crippen molar-refractivity contribution < 1.29 is 33.1 Å². The summed E-state index contributed by atoms with van der Waals surface area (Å²) >= 11 is 12.2. The number of hydrogen-bond acceptors (Lipinski definition) is 12. The van der Waals surface area contributed by atoms with Gasteiger partial charge < -0.3 is 15.4 Å². The molecule has 6 heterocycles. The molecule has 0 atom stereocenters. The maximum absolute atomic E-state index is 13.7. The van der Waals surface area contributed by atoms with E-state index in [2.05, 4.69) is 41.4 Å². The molecule has 4 N–H and O–H groups in total. The molecule has 4 fully saturated rings. The molecule has 0 unspecified atom stereocenters. The van der Waals surface area contributed by atoms with Crippen molar-refractivity contribution in [1.82, 2.24) is 39.8 Å². The van der Waals surface area contributed by atoms with Gasteiger partial charge in [0.05, 0.1) is 25.2 Å². The molecule has 2 saturated carbocycles. The zero-order valence-corrected chi connectivity index (χ0v) is 33.3. The monoisotopic (exact) mass is 843 g/mol. The number of nitrogens with zero attached hydrogens (tertiary/aromatic N) is 7. The topological polar surface area (TPSA) is 206 Å². The molecule has 1 aromatic carbocycles. The second-order valence-corrected chi connectivity index (χ2v) is 16.2. The standard InChI is InChI=1S/C20H16ClFN6O2.C19H20ClN5O4/c21-12-5-13(22)7-15(6-12)24-16-8-17(25-14-1-2-14)28-19(26-16)11(9-23-28)3-10-4-18(29)27-20(10)30;1-19(2,3)29-18(28)24(12-4-5-12)15-8-13(20)22-16-11(9-21-25(15)16)6-10-7-14(26)23-17(10)27/h3,5-9,14,25H,1-2,4H2,(H,24,26)(H,27,29,30);6,8-9,12H,4-5,7H2,1-3H3,(H,23,26,27)/b10-3+;10-6+. The van der Waals surface area contributed by atoms with Crippen LogP contribution in [0, 0.1) is 5.82 Å². The lowest BCUT2D eigenvalue weighted by Gasteiger charge is -2.27. The van der Waals surface area contributed by atoms with Gasteiger partial charge in [0.2, 0.25) is 11.8 Å². The first-order valence-electron chi connectivity index (χ1n) is 18.6. The summed E-state index contributed by atoms with van der Waals surface area (Å²) in [6.45, 7) is 5.41. The molecule has 17 nitrogen and oxygen atoms in total. The molecule has 0 spiro atoms. The summed E-state index contributed by atoms with van der Waals surface area (Å²) in [5, 5.41) is 20.1. The minimum absolute atomic E-state index is 0.00393. The fourth-order valence-corrected chi connectivity index (χ4v) is 6.76. The number of anilines is 4. The summed E-state index contributed by atoms with van der Waals surface area (Å²) in [5.41, 5.74) is 2.45. The van der Waals surface area contributed by atoms with Crippen molar-refractivity contribution >= 4 is 99.5 Å². The third-order valence-electron chi connectivity index (χ3n) is 9.21. The van der Waals surface area contributed by atoms with E-state index in [-0.39, 0.29) is 40.9 Å². The Morgan fingerprint density at radius 2 is 1.47 bits per heavy atom. The molecule has 2 aliphatic carbocycles. The molecule has 2 aliphatic heterocycles. The van der Waals surface area contributed by atoms with Crippen molar-refractivity contribution in [2.24, 2.45) is 0 Å². The average Bonchev–Trinajstić information content (AvgIpc) is 4.00. The van der Waals surface area contributed by atoms with Crippen molar-refractivity contribution in [2.45, 2.75) is 77.0 Å². The molecule has 0 radical (unpaired) electrons. The molecule has 59 heavy (non-hydrogen) atoms. The Labute approximate surface area is 345 Å². The smallest absolute Gasteiger partial charge is 0.416 e. The van der Waals surface area contributed by atoms with Gasteiger partial charge in [0.25, 0.3) is 11.8 Å². The molecule has 4 aromatic heterocycles. The van der Waals surface area contributed by atoms with Gasteiger partial charge in [0.1, 0.15) is 34.0 Å². The van der Waals surface area contributed by atoms with Crippen LogP contribution in [0.25, 0.3) is 23.4 Å². The number of fused-ring (bicyclic) bond motifs is 2. The summed E-state index contributed by atoms with van der Waals surface area (Å²) in [7, 11) is 0. The second kappa shape index (κ2) is 15.4. The van der Waals surface area contributed by atoms with E-state index in [1.165, 1.54) is 22.8 Å². The van der Waals surface area contributed by atoms with Gasteiger partial charge in [-0.25, -0.2) is 19.2 Å². The molecular weight excluding hydrogens is 808 g/mol. The van der Waals surface area contributed by atoms with E-state index >= 15 is 0 Å². The summed E-state index contributed by atoms with van der Waals surface area (Å²) < 4.78 is 22.4. The number of rotatable bonds is 8. The Hall–Kier alpha value is -6.40. The fraction of sp³-hybridized carbons (Fsp3) is 0.308. The second-order valence-electron chi connectivity index (χ2n) is 15.4. The maximum Gasteiger partial charge on any atom is 0.416 e. The number of halogens is 3. The molecule has 2 saturated heterocycles. The molecule has 5 aromatic rings. The highest BCUT2D eigenvalue weighted by molar-refractivity contribution is 6.31. The van der Waals surface area contributed by atoms with Crippen LogP contribution in [0.1, 0.15) is 70.4 Å². The van der Waals surface area contributed by atoms with Crippen molar-refractivity contribution in [3.8, 4) is 0 Å². The van der Waals surface area contributed by atoms with Gasteiger partial charge in [-0.15, -0.1) is 0 Å². The number of imide groups is 2. The number of nitrogens with one attached hydrogen (secondary N) is 4. The van der Waals surface area contributed by atoms with Gasteiger partial charge >= 0.3 is 6.09 Å². The van der Waals surface area contributed by atoms with E-state index in [9.17, 15) is 28.4 Å². The van der Waals surface area contributed by atoms with Crippen LogP contribution in [0.5, 0.6) is 0 Å². The minimum Gasteiger partial charge on any atom is -0.443 e. The first kappa shape index (κ1) is 39.4. The quantitative estimate of drug-likeness (QED) is 0.0808. The van der Waals surface area contributed by atoms with Crippen molar-refractivity contribution in [3.05, 3.63) is 81.0 Å². The van der Waals surface area contributed by atoms with Crippen LogP contribution in [0.3, 0.4) is 0 Å². The van der Waals surface area contributed by atoms with Crippen LogP contribution in [-0.4, -0.2) is 76.6 Å². The van der Waals surface area contributed by atoms with Crippen LogP contribution in [0.2, 0.25) is 10.2 Å². The van der Waals surface area contributed by atoms with Gasteiger partial charge in [-0.2, -0.15) is 19.2 Å². The van der Waals surface area contributed by atoms with Crippen LogP contribution in [0.4, 0.5) is 32.3 Å². The van der Waals surface area contributed by atoms with E-state index in [1.807, 2.05) is 0 Å². The molecular formula is C39H36Cl2FN11O6. The van der Waals surface area contributed by atoms with Gasteiger partial charge in [-0.3, -0.25) is 34.7 Å². The van der Waals surface area contributed by atoms with Gasteiger partial charge in [0.15, 0.2) is 11.3 Å². The zero-order valence-electron chi connectivity index (χ0n) is 31.8. The molecule has 0 bridgehead atoms. The Kier molecular flexibility index (Phi) is 10.3. The van der Waals surface area contributed by atoms with Crippen molar-refractivity contribution in [2.75, 3.05) is 15.5 Å². The first-order chi connectivity index (χ1) is 28.1. The summed E-state index contributed by atoms with van der Waals surface area (Å²) in [4.78, 5) is 70.0. The van der Waals surface area contributed by atoms with E-state index < -0.39 is 29.3 Å². The normalized spacial score (nSPS) is 18.0. The van der Waals surface area contributed by atoms with Gasteiger partial charge in [-0.1, -0.05) is 23.2 Å². The lowest BCUT2D eigenvalue weighted by atomic mass is 10.1. The molecule has 9 rings (SSSR count). The Bertz CT molecular complexity index is 2640. The first-order valence-corrected chi connectivity index (χ1v) is 19.4. The Morgan fingerprint density at radius 3 is 2.02 bits per heavy atom. The number of carbonyl (C=O) groups is 5. The molecule has 20 heteroatoms. The number of ether oxygens (including phenoxy) is 1. The predicted octanol–water partition coefficient (Wildman–Crippen LogP) is 5.99. The lowest BCUT2D eigenvalue weighted by molar-refractivity contribution is -0.125. The highest BCUT2D eigenvalue weighted by Crippen LogP contribution is 2.35. The Morgan fingerprint density at radius 1 is 0.864 bits per heavy atom. The number of benzene rings is 1. The molecule has 4 aliphatic rings. The third-order valence-corrected chi connectivity index (χ3v) is 9.62. The van der Waals surface area contributed by atoms with E-state index in [0.29, 0.717) is 62.8 Å². The van der Waals surface area contributed by atoms with Crippen LogP contribution < -0.4 is 26.2 Å². The highest BCUT2D eigenvalue weighted by atomic mass is 35.5. The van der Waals surface area contributed by atoms with Crippen molar-refractivity contribution in [3.63, 3.8) is 0 Å². The van der Waals surface area contributed by atoms with E-state index in [0.717, 1.165) is 25.7 Å². The fourth-order valence-electron chi connectivity index (χ4n) is 6.36. The van der Waals surface area contributed by atoms with Crippen LogP contribution in [0.15, 0.2) is 53.9 Å². The molecule has 5 amide bonds. The predicted molar refractivity (Wildman–Crippen MR) is 216 cm³/mol. The summed E-state index contributed by atoms with van der Waals surface area (Å²) in [6, 6.07) is 7.83. The number of carbonyl (C=O) groups excluding carboxylic acids is 5. The minimum atomic E-state index is -0.651. The maximum atomic E-state index is 13.7. The highest BCUT2D eigenvalue weighted by Gasteiger charge is 2.38. The lowest BCUT2D eigenvalue weighted by Crippen LogP contribution is -2.39. The zero-order chi connectivity index (χ0) is 41.7. The number of aromatic nitrogens is 6. The summed E-state index contributed by atoms with van der Waals surface area (Å²) in [6.07, 6.45) is 9.63. The summed E-state index contributed by atoms with van der Waals surface area (Å²) in [5.74, 6) is -0.401. The number of hydrogen-bond donors (Lipinski definition) is 4. The van der Waals surface area contributed by atoms with E-state index in [1.54, 1.807) is 66.7 Å². The van der Waals surface area contributed by atoms with Crippen LogP contribution >= 0.6 is 23.2 Å². The van der Waals surface area contributed by atoms with E-state index in [4.69, 9.17) is 27.9 Å². The average molecular weight is 845 g/mol. The number of amides is 5. The largest absolute Gasteiger partial charge is 0.443 e. The third kappa shape index (κ3) is 9.02. The van der Waals surface area contributed by atoms with Crippen LogP contribution in [-0.2, 0) is 23.9 Å². The Balaban J connectivity index is 0.000000164. The molecule has 304 valence electrons. The SMILES string of the molecule is CC(C)(C)OC(=O)N(c1cc(Cl)nc2c(/C=C3\CC(=O)NC3=O)cnn12)C1CC1.O=C1C/C(=C\c2cnn3c(NC4CC4)cc(Nc4cc(F)cc(Cl)c4)nc23)C(=O)N1. The van der Waals surface area contributed by atoms with Gasteiger partial charge in [0, 0.05) is 57.2 Å². The van der Waals surface area contributed by atoms with Crippen molar-refractivity contribution in [1.29, 1.82) is 0 Å². The van der Waals surface area contributed by atoms with Gasteiger partial charge in [-0.05, 0) is 76.8 Å².